The number of aliphatic carboxylic acids is 1. The zero-order valence-electron chi connectivity index (χ0n) is 12.7. The number of terminal acetylenes is 1. The molecule has 0 aromatic rings. The number of carboxylic acid groups (broad SMARTS) is 1. The van der Waals surface area contributed by atoms with Crippen molar-refractivity contribution in [1.29, 1.82) is 0 Å². The van der Waals surface area contributed by atoms with E-state index in [0.717, 1.165) is 22.6 Å². The Morgan fingerprint density at radius 2 is 2.08 bits per heavy atom. The molecule has 6 N–H and O–H groups in total. The van der Waals surface area contributed by atoms with Crippen LogP contribution in [0.15, 0.2) is 11.6 Å². The zero-order valence-corrected chi connectivity index (χ0v) is 14.9. The van der Waals surface area contributed by atoms with Gasteiger partial charge in [-0.05, 0) is 22.6 Å². The van der Waals surface area contributed by atoms with Crippen molar-refractivity contribution in [3.05, 3.63) is 11.6 Å². The van der Waals surface area contributed by atoms with Crippen LogP contribution >= 0.6 is 22.6 Å². The van der Waals surface area contributed by atoms with E-state index >= 15 is 0 Å². The molecular formula is C14H17FINO8. The zero-order chi connectivity index (χ0) is 19.4. The van der Waals surface area contributed by atoms with Crippen LogP contribution in [0.1, 0.15) is 12.8 Å². The van der Waals surface area contributed by atoms with Crippen molar-refractivity contribution in [3.63, 3.8) is 0 Å². The van der Waals surface area contributed by atoms with Crippen molar-refractivity contribution in [2.45, 2.75) is 40.8 Å². The Bertz CT molecular complexity index is 606. The molecular weight excluding hydrogens is 456 g/mol. The van der Waals surface area contributed by atoms with Crippen molar-refractivity contribution in [3.8, 4) is 12.3 Å². The van der Waals surface area contributed by atoms with Crippen molar-refractivity contribution in [1.82, 2.24) is 5.32 Å². The van der Waals surface area contributed by atoms with Gasteiger partial charge in [0.1, 0.15) is 24.4 Å². The maximum Gasteiger partial charge on any atom is 0.353 e. The first-order chi connectivity index (χ1) is 11.6. The number of amides is 1. The second-order valence-electron chi connectivity index (χ2n) is 5.17. The summed E-state index contributed by atoms with van der Waals surface area (Å²) in [6.07, 6.45) is -0.603. The number of hydrogen-bond acceptors (Lipinski definition) is 7. The molecule has 0 saturated heterocycles. The molecule has 9 nitrogen and oxygen atoms in total. The van der Waals surface area contributed by atoms with Crippen LogP contribution < -0.4 is 5.32 Å². The Morgan fingerprint density at radius 1 is 1.48 bits per heavy atom. The average molecular weight is 473 g/mol. The van der Waals surface area contributed by atoms with E-state index < -0.39 is 58.0 Å². The summed E-state index contributed by atoms with van der Waals surface area (Å²) in [5.41, 5.74) is 0. The number of halogens is 2. The first kappa shape index (κ1) is 21.6. The van der Waals surface area contributed by atoms with Crippen molar-refractivity contribution in [2.75, 3.05) is 6.61 Å². The third-order valence-corrected chi connectivity index (χ3v) is 4.62. The highest BCUT2D eigenvalue weighted by atomic mass is 127. The van der Waals surface area contributed by atoms with Gasteiger partial charge < -0.3 is 35.6 Å². The fraction of sp³-hybridized carbons (Fsp3) is 0.571. The number of aliphatic hydroxyl groups is 4. The molecule has 0 saturated carbocycles. The predicted molar refractivity (Wildman–Crippen MR) is 89.1 cm³/mol. The molecule has 1 aliphatic rings. The highest BCUT2D eigenvalue weighted by molar-refractivity contribution is 14.1. The molecule has 25 heavy (non-hydrogen) atoms. The van der Waals surface area contributed by atoms with Gasteiger partial charge in [0, 0.05) is 12.8 Å². The maximum atomic E-state index is 14.3. The first-order valence-corrected chi connectivity index (χ1v) is 8.07. The van der Waals surface area contributed by atoms with Crippen molar-refractivity contribution in [2.24, 2.45) is 0 Å². The lowest BCUT2D eigenvalue weighted by Crippen LogP contribution is -2.61. The van der Waals surface area contributed by atoms with Gasteiger partial charge in [-0.1, -0.05) is 0 Å². The van der Waals surface area contributed by atoms with E-state index in [1.54, 1.807) is 0 Å². The normalized spacial score (nSPS) is 28.8. The third-order valence-electron chi connectivity index (χ3n) is 3.43. The summed E-state index contributed by atoms with van der Waals surface area (Å²) in [5, 5.41) is 49.9. The fourth-order valence-corrected chi connectivity index (χ4v) is 2.65. The monoisotopic (exact) mass is 473 g/mol. The quantitative estimate of drug-likeness (QED) is 0.156. The lowest BCUT2D eigenvalue weighted by Gasteiger charge is -2.40. The molecule has 1 amide bonds. The van der Waals surface area contributed by atoms with Crippen LogP contribution in [0.25, 0.3) is 0 Å². The number of alkyl halides is 1. The predicted octanol–water partition coefficient (Wildman–Crippen LogP) is -1.05. The minimum atomic E-state index is -2.68. The van der Waals surface area contributed by atoms with E-state index in [4.69, 9.17) is 21.4 Å². The van der Waals surface area contributed by atoms with Gasteiger partial charge in [-0.3, -0.25) is 4.79 Å². The molecule has 1 aliphatic heterocycles. The van der Waals surface area contributed by atoms with E-state index in [2.05, 4.69) is 11.2 Å². The van der Waals surface area contributed by atoms with Gasteiger partial charge in [0.2, 0.25) is 5.91 Å². The molecule has 11 heteroatoms. The minimum Gasteiger partial charge on any atom is -0.507 e. The molecule has 140 valence electrons. The molecule has 1 heterocycles. The number of nitrogens with one attached hydrogen (secondary N) is 1. The largest absolute Gasteiger partial charge is 0.507 e. The molecule has 0 aromatic heterocycles. The lowest BCUT2D eigenvalue weighted by molar-refractivity contribution is -0.175. The van der Waals surface area contributed by atoms with E-state index in [0.29, 0.717) is 0 Å². The topological polar surface area (TPSA) is 157 Å². The van der Waals surface area contributed by atoms with Gasteiger partial charge in [0.15, 0.2) is 11.6 Å². The smallest absolute Gasteiger partial charge is 0.353 e. The highest BCUT2D eigenvalue weighted by Crippen LogP contribution is 2.41. The summed E-state index contributed by atoms with van der Waals surface area (Å²) in [5.74, 6) is -3.09. The van der Waals surface area contributed by atoms with Gasteiger partial charge >= 0.3 is 5.97 Å². The standard InChI is InChI=1S/C14H17FINO8/c1-2-3-4-7(20)17-8-10(22)12(15)14(16,13(23)24)25-11(8)9(21)6(19)5-18/h1,6,8-9,11,18-19,21-22H,3-5H2,(H,17,20)(H,23,24)/t6-,8-,9-,11?,14-/m1/s1. The van der Waals surface area contributed by atoms with E-state index in [-0.39, 0.29) is 12.8 Å². The van der Waals surface area contributed by atoms with Crippen molar-refractivity contribution < 1.29 is 44.2 Å². The Balaban J connectivity index is 3.26. The Kier molecular flexibility index (Phi) is 7.57. The van der Waals surface area contributed by atoms with Crippen LogP contribution in [-0.4, -0.2) is 72.0 Å². The minimum absolute atomic E-state index is 0.0458. The van der Waals surface area contributed by atoms with Crippen LogP contribution in [0.4, 0.5) is 4.39 Å². The van der Waals surface area contributed by atoms with Crippen LogP contribution in [0, 0.1) is 12.3 Å². The third kappa shape index (κ3) is 4.59. The first-order valence-electron chi connectivity index (χ1n) is 6.99. The molecule has 0 aliphatic carbocycles. The van der Waals surface area contributed by atoms with E-state index in [9.17, 15) is 29.3 Å². The van der Waals surface area contributed by atoms with Crippen LogP contribution in [-0.2, 0) is 14.3 Å². The summed E-state index contributed by atoms with van der Waals surface area (Å²) in [7, 11) is 0. The van der Waals surface area contributed by atoms with Gasteiger partial charge in [0.25, 0.3) is 3.61 Å². The summed E-state index contributed by atoms with van der Waals surface area (Å²) in [6.45, 7) is -0.924. The number of aliphatic hydroxyl groups excluding tert-OH is 4. The Morgan fingerprint density at radius 3 is 2.56 bits per heavy atom. The fourth-order valence-electron chi connectivity index (χ4n) is 2.08. The van der Waals surface area contributed by atoms with Crippen LogP contribution in [0.3, 0.4) is 0 Å². The molecule has 0 aromatic carbocycles. The number of carboxylic acids is 1. The van der Waals surface area contributed by atoms with Crippen LogP contribution in [0.5, 0.6) is 0 Å². The molecule has 0 fully saturated rings. The Labute approximate surface area is 155 Å². The number of carbonyl (C=O) groups is 2. The SMILES string of the molecule is C#CCCC(=O)N[C@@H]1C(O)=C(F)[C@](I)(C(=O)O)OC1[C@H](O)[C@H](O)CO. The number of hydrogen-bond donors (Lipinski definition) is 6. The molecule has 0 spiro atoms. The molecule has 1 rings (SSSR count). The highest BCUT2D eigenvalue weighted by Gasteiger charge is 2.55. The van der Waals surface area contributed by atoms with Crippen molar-refractivity contribution >= 4 is 34.5 Å². The maximum absolute atomic E-state index is 14.3. The average Bonchev–Trinajstić information content (AvgIpc) is 2.58. The van der Waals surface area contributed by atoms with Crippen LogP contribution in [0.2, 0.25) is 0 Å². The molecule has 0 radical (unpaired) electrons. The lowest BCUT2D eigenvalue weighted by atomic mass is 9.95. The summed E-state index contributed by atoms with van der Waals surface area (Å²) in [4.78, 5) is 23.1. The molecule has 0 bridgehead atoms. The van der Waals surface area contributed by atoms with E-state index in [1.807, 2.05) is 0 Å². The number of ether oxygens (including phenoxy) is 1. The molecule has 1 unspecified atom stereocenters. The number of carbonyl (C=O) groups excluding carboxylic acids is 1. The second kappa shape index (κ2) is 8.77. The Hall–Kier alpha value is -1.46. The summed E-state index contributed by atoms with van der Waals surface area (Å²) >= 11 is 1.06. The summed E-state index contributed by atoms with van der Waals surface area (Å²) < 4.78 is 16.6. The van der Waals surface area contributed by atoms with Gasteiger partial charge in [0.05, 0.1) is 6.61 Å². The van der Waals surface area contributed by atoms with Gasteiger partial charge in [-0.15, -0.1) is 12.3 Å². The van der Waals surface area contributed by atoms with E-state index in [1.165, 1.54) is 0 Å². The van der Waals surface area contributed by atoms with Gasteiger partial charge in [-0.25, -0.2) is 9.18 Å². The summed E-state index contributed by atoms with van der Waals surface area (Å²) in [6, 6.07) is -1.69. The van der Waals surface area contributed by atoms with Gasteiger partial charge in [-0.2, -0.15) is 0 Å². The molecule has 5 atom stereocenters. The number of rotatable bonds is 7. The second-order valence-corrected chi connectivity index (χ2v) is 6.69.